The van der Waals surface area contributed by atoms with E-state index in [1.807, 2.05) is 0 Å². The third-order valence-electron chi connectivity index (χ3n) is 4.36. The van der Waals surface area contributed by atoms with E-state index in [4.69, 9.17) is 15.2 Å². The molecule has 0 bridgehead atoms. The molecule has 1 aromatic carbocycles. The second kappa shape index (κ2) is 7.11. The molecule has 1 aliphatic rings. The van der Waals surface area contributed by atoms with Crippen LogP contribution in [0.3, 0.4) is 0 Å². The summed E-state index contributed by atoms with van der Waals surface area (Å²) in [7, 11) is 1.39. The van der Waals surface area contributed by atoms with Crippen LogP contribution < -0.4 is 20.5 Å². The van der Waals surface area contributed by atoms with Crippen molar-refractivity contribution in [1.82, 2.24) is 10.3 Å². The zero-order chi connectivity index (χ0) is 18.8. The number of benzene rings is 1. The summed E-state index contributed by atoms with van der Waals surface area (Å²) < 4.78 is 37.4. The molecule has 3 rings (SSSR count). The number of primary amides is 1. The third-order valence-corrected chi connectivity index (χ3v) is 4.36. The molecule has 0 spiro atoms. The number of alkyl halides is 2. The van der Waals surface area contributed by atoms with Gasteiger partial charge in [0.15, 0.2) is 6.17 Å². The molecule has 1 aromatic heterocycles. The Morgan fingerprint density at radius 3 is 2.85 bits per heavy atom. The summed E-state index contributed by atoms with van der Waals surface area (Å²) in [6.45, 7) is -1.13. The Hall–Kier alpha value is -2.97. The van der Waals surface area contributed by atoms with Crippen LogP contribution in [0.15, 0.2) is 24.4 Å². The topological polar surface area (TPSA) is 104 Å². The molecule has 3 atom stereocenters. The molecule has 26 heavy (non-hydrogen) atoms. The van der Waals surface area contributed by atoms with Gasteiger partial charge in [0.2, 0.25) is 5.88 Å². The van der Waals surface area contributed by atoms with Crippen LogP contribution in [0.1, 0.15) is 10.4 Å². The Balaban J connectivity index is 1.89. The van der Waals surface area contributed by atoms with Crippen LogP contribution in [-0.4, -0.2) is 49.4 Å². The van der Waals surface area contributed by atoms with Gasteiger partial charge < -0.3 is 20.5 Å². The molecular weight excluding hydrogens is 348 g/mol. The first-order valence-corrected chi connectivity index (χ1v) is 7.86. The molecule has 0 unspecified atom stereocenters. The number of aromatic nitrogens is 1. The summed E-state index contributed by atoms with van der Waals surface area (Å²) >= 11 is 0. The average molecular weight is 365 g/mol. The summed E-state index contributed by atoms with van der Waals surface area (Å²) in [5.41, 5.74) is 5.55. The number of carbonyl (C=O) groups is 2. The second-order valence-corrected chi connectivity index (χ2v) is 5.90. The van der Waals surface area contributed by atoms with Crippen molar-refractivity contribution in [3.8, 4) is 11.6 Å². The summed E-state index contributed by atoms with van der Waals surface area (Å²) in [6, 6.07) is 3.96. The van der Waals surface area contributed by atoms with E-state index in [9.17, 15) is 18.4 Å². The summed E-state index contributed by atoms with van der Waals surface area (Å²) in [5.74, 6) is -2.15. The fourth-order valence-corrected chi connectivity index (χ4v) is 2.94. The zero-order valence-electron chi connectivity index (χ0n) is 13.9. The summed E-state index contributed by atoms with van der Waals surface area (Å²) in [4.78, 5) is 27.0. The minimum absolute atomic E-state index is 0.146. The number of hydrogen-bond acceptors (Lipinski definition) is 5. The van der Waals surface area contributed by atoms with Crippen molar-refractivity contribution in [1.29, 1.82) is 0 Å². The highest BCUT2D eigenvalue weighted by Crippen LogP contribution is 2.31. The predicted molar refractivity (Wildman–Crippen MR) is 88.6 cm³/mol. The number of nitrogens with one attached hydrogen (secondary N) is 1. The monoisotopic (exact) mass is 365 g/mol. The molecule has 0 aliphatic carbocycles. The van der Waals surface area contributed by atoms with Gasteiger partial charge in [-0.15, -0.1) is 0 Å². The average Bonchev–Trinajstić information content (AvgIpc) is 2.91. The van der Waals surface area contributed by atoms with E-state index in [-0.39, 0.29) is 23.8 Å². The van der Waals surface area contributed by atoms with Crippen LogP contribution in [0.5, 0.6) is 11.6 Å². The molecule has 1 saturated heterocycles. The number of nitrogens with two attached hydrogens (primary N) is 1. The lowest BCUT2D eigenvalue weighted by molar-refractivity contribution is -0.124. The molecule has 1 aliphatic heterocycles. The lowest BCUT2D eigenvalue weighted by Crippen LogP contribution is -2.35. The number of methoxy groups -OCH3 is 1. The van der Waals surface area contributed by atoms with E-state index in [0.717, 1.165) is 0 Å². The smallest absolute Gasteiger partial charge is 0.255 e. The molecule has 0 radical (unpaired) electrons. The van der Waals surface area contributed by atoms with Crippen molar-refractivity contribution < 1.29 is 27.8 Å². The molecule has 9 heteroatoms. The van der Waals surface area contributed by atoms with Crippen LogP contribution >= 0.6 is 0 Å². The number of hydrogen-bond donors (Lipinski definition) is 2. The zero-order valence-corrected chi connectivity index (χ0v) is 13.9. The van der Waals surface area contributed by atoms with Crippen LogP contribution in [0.4, 0.5) is 8.78 Å². The number of fused-ring (bicyclic) bond motifs is 1. The van der Waals surface area contributed by atoms with Crippen LogP contribution in [0.2, 0.25) is 0 Å². The SMILES string of the molecule is COc1cc2c(OC[C@H]3NC(=O)[C@@H](F)[C@H]3CF)nccc2cc1C(N)=O. The molecule has 138 valence electrons. The normalized spacial score (nSPS) is 22.3. The highest BCUT2D eigenvalue weighted by Gasteiger charge is 2.43. The molecule has 7 nitrogen and oxygen atoms in total. The summed E-state index contributed by atoms with van der Waals surface area (Å²) in [5, 5.41) is 3.54. The molecule has 2 heterocycles. The Labute approximate surface area is 147 Å². The summed E-state index contributed by atoms with van der Waals surface area (Å²) in [6.07, 6.45) is -0.431. The van der Waals surface area contributed by atoms with Gasteiger partial charge in [0.25, 0.3) is 11.8 Å². The minimum Gasteiger partial charge on any atom is -0.496 e. The van der Waals surface area contributed by atoms with Gasteiger partial charge in [-0.25, -0.2) is 9.37 Å². The number of nitrogens with zero attached hydrogens (tertiary/aromatic N) is 1. The number of rotatable bonds is 6. The Morgan fingerprint density at radius 2 is 2.19 bits per heavy atom. The van der Waals surface area contributed by atoms with E-state index < -0.39 is 36.6 Å². The molecule has 3 N–H and O–H groups in total. The van der Waals surface area contributed by atoms with Gasteiger partial charge in [-0.1, -0.05) is 0 Å². The number of pyridine rings is 1. The van der Waals surface area contributed by atoms with E-state index in [0.29, 0.717) is 10.8 Å². The largest absolute Gasteiger partial charge is 0.496 e. The van der Waals surface area contributed by atoms with Gasteiger partial charge in [0, 0.05) is 11.6 Å². The highest BCUT2D eigenvalue weighted by atomic mass is 19.1. The van der Waals surface area contributed by atoms with E-state index in [1.54, 1.807) is 18.2 Å². The first-order valence-electron chi connectivity index (χ1n) is 7.86. The van der Waals surface area contributed by atoms with Crippen molar-refractivity contribution in [2.45, 2.75) is 12.2 Å². The number of ether oxygens (including phenoxy) is 2. The fourth-order valence-electron chi connectivity index (χ4n) is 2.94. The molecule has 2 aromatic rings. The van der Waals surface area contributed by atoms with Crippen molar-refractivity contribution in [3.63, 3.8) is 0 Å². The maximum absolute atomic E-state index is 13.6. The molecule has 2 amide bonds. The first kappa shape index (κ1) is 17.8. The minimum atomic E-state index is -1.90. The number of halogens is 2. The molecule has 1 fully saturated rings. The quantitative estimate of drug-likeness (QED) is 0.799. The molecular formula is C17H17F2N3O4. The second-order valence-electron chi connectivity index (χ2n) is 5.90. The standard InChI is InChI=1S/C17H17F2N3O4/c1-25-13-5-9-8(4-10(13)15(20)23)2-3-21-17(9)26-7-12-11(6-18)14(19)16(24)22-12/h2-5,11-12,14H,6-7H2,1H3,(H2,20,23)(H,22,24)/t11-,12+,14-/m0/s1. The van der Waals surface area contributed by atoms with Gasteiger partial charge in [-0.3, -0.25) is 14.0 Å². The first-order chi connectivity index (χ1) is 12.5. The van der Waals surface area contributed by atoms with Crippen molar-refractivity contribution in [3.05, 3.63) is 30.0 Å². The van der Waals surface area contributed by atoms with Crippen LogP contribution in [0, 0.1) is 5.92 Å². The highest BCUT2D eigenvalue weighted by molar-refractivity contribution is 6.01. The van der Waals surface area contributed by atoms with Gasteiger partial charge in [0.1, 0.15) is 12.4 Å². The Morgan fingerprint density at radius 1 is 1.42 bits per heavy atom. The van der Waals surface area contributed by atoms with Crippen molar-refractivity contribution in [2.24, 2.45) is 11.7 Å². The Bertz CT molecular complexity index is 861. The van der Waals surface area contributed by atoms with Crippen LogP contribution in [0.25, 0.3) is 10.8 Å². The third kappa shape index (κ3) is 3.12. The van der Waals surface area contributed by atoms with Crippen molar-refractivity contribution >= 4 is 22.6 Å². The van der Waals surface area contributed by atoms with E-state index in [2.05, 4.69) is 10.3 Å². The lowest BCUT2D eigenvalue weighted by Gasteiger charge is -2.18. The van der Waals surface area contributed by atoms with Gasteiger partial charge in [-0.2, -0.15) is 0 Å². The lowest BCUT2D eigenvalue weighted by atomic mass is 10.0. The van der Waals surface area contributed by atoms with Gasteiger partial charge in [-0.05, 0) is 23.6 Å². The fraction of sp³-hybridized carbons (Fsp3) is 0.353. The Kier molecular flexibility index (Phi) is 4.88. The van der Waals surface area contributed by atoms with Gasteiger partial charge in [0.05, 0.1) is 31.3 Å². The maximum atomic E-state index is 13.6. The number of carbonyl (C=O) groups excluding carboxylic acids is 2. The maximum Gasteiger partial charge on any atom is 0.255 e. The predicted octanol–water partition coefficient (Wildman–Crippen LogP) is 1.14. The van der Waals surface area contributed by atoms with Crippen molar-refractivity contribution in [2.75, 3.05) is 20.4 Å². The molecule has 0 saturated carbocycles. The van der Waals surface area contributed by atoms with Crippen LogP contribution in [-0.2, 0) is 4.79 Å². The number of amides is 2. The van der Waals surface area contributed by atoms with E-state index in [1.165, 1.54) is 13.3 Å². The van der Waals surface area contributed by atoms with E-state index >= 15 is 0 Å². The van der Waals surface area contributed by atoms with Gasteiger partial charge >= 0.3 is 0 Å².